The molecule has 0 aliphatic carbocycles. The van der Waals surface area contributed by atoms with Gasteiger partial charge in [0.2, 0.25) is 0 Å². The molecular weight excluding hydrogens is 375 g/mol. The van der Waals surface area contributed by atoms with E-state index in [4.69, 9.17) is 0 Å². The van der Waals surface area contributed by atoms with E-state index in [1.807, 2.05) is 0 Å². The number of H-pyrrole nitrogens is 1. The summed E-state index contributed by atoms with van der Waals surface area (Å²) in [4.78, 5) is 23.7. The molecule has 2 aromatic heterocycles. The Labute approximate surface area is 145 Å². The lowest BCUT2D eigenvalue weighted by molar-refractivity contribution is 0.0946. The molecule has 0 saturated carbocycles. The third-order valence-corrected chi connectivity index (χ3v) is 4.40. The molecule has 7 heteroatoms. The standard InChI is InChI=1S/C17H12BrFN4O/c18-9-1-2-10(12(19)7-9)16-20-5-4-14(23-16)15-8-11-13(22-15)3-6-21-17(11)24/h1-2,4-5,7-8,22H,3,6H2,(H,21,24). The maximum absolute atomic E-state index is 14.1. The number of hydrogen-bond acceptors (Lipinski definition) is 3. The molecule has 1 aliphatic heterocycles. The van der Waals surface area contributed by atoms with Crippen molar-refractivity contribution in [2.75, 3.05) is 6.54 Å². The second-order valence-electron chi connectivity index (χ2n) is 5.47. The summed E-state index contributed by atoms with van der Waals surface area (Å²) in [5.74, 6) is -0.187. The van der Waals surface area contributed by atoms with E-state index in [0.29, 0.717) is 33.7 Å². The lowest BCUT2D eigenvalue weighted by atomic mass is 10.1. The van der Waals surface area contributed by atoms with Crippen LogP contribution >= 0.6 is 15.9 Å². The normalized spacial score (nSPS) is 13.5. The van der Waals surface area contributed by atoms with E-state index >= 15 is 0 Å². The minimum absolute atomic E-state index is 0.0908. The van der Waals surface area contributed by atoms with Crippen LogP contribution in [0, 0.1) is 5.82 Å². The van der Waals surface area contributed by atoms with Crippen LogP contribution in [0.4, 0.5) is 4.39 Å². The van der Waals surface area contributed by atoms with Crippen molar-refractivity contribution in [1.29, 1.82) is 0 Å². The van der Waals surface area contributed by atoms with Crippen LogP contribution in [-0.2, 0) is 6.42 Å². The molecule has 0 saturated heterocycles. The fraction of sp³-hybridized carbons (Fsp3) is 0.118. The molecule has 0 unspecified atom stereocenters. The zero-order chi connectivity index (χ0) is 16.7. The van der Waals surface area contributed by atoms with Crippen LogP contribution in [0.25, 0.3) is 22.8 Å². The summed E-state index contributed by atoms with van der Waals surface area (Å²) in [6, 6.07) is 8.25. The highest BCUT2D eigenvalue weighted by Crippen LogP contribution is 2.26. The Morgan fingerprint density at radius 2 is 2.04 bits per heavy atom. The number of nitrogens with zero attached hydrogens (tertiary/aromatic N) is 2. The molecule has 1 aromatic carbocycles. The van der Waals surface area contributed by atoms with Gasteiger partial charge in [0.15, 0.2) is 5.82 Å². The smallest absolute Gasteiger partial charge is 0.253 e. The number of carbonyl (C=O) groups excluding carboxylic acids is 1. The average Bonchev–Trinajstić information content (AvgIpc) is 3.01. The first-order chi connectivity index (χ1) is 11.6. The zero-order valence-electron chi connectivity index (χ0n) is 12.4. The predicted octanol–water partition coefficient (Wildman–Crippen LogP) is 3.33. The van der Waals surface area contributed by atoms with Crippen LogP contribution in [0.1, 0.15) is 16.1 Å². The van der Waals surface area contributed by atoms with Crippen molar-refractivity contribution in [3.05, 3.63) is 58.1 Å². The van der Waals surface area contributed by atoms with Gasteiger partial charge in [-0.05, 0) is 30.3 Å². The Hall–Kier alpha value is -2.54. The molecule has 3 aromatic rings. The third kappa shape index (κ3) is 2.60. The number of fused-ring (bicyclic) bond motifs is 1. The van der Waals surface area contributed by atoms with Gasteiger partial charge in [0.05, 0.1) is 22.5 Å². The number of aromatic nitrogens is 3. The Kier molecular flexibility index (Phi) is 3.65. The second-order valence-corrected chi connectivity index (χ2v) is 6.39. The molecule has 2 N–H and O–H groups in total. The van der Waals surface area contributed by atoms with Gasteiger partial charge in [-0.2, -0.15) is 0 Å². The van der Waals surface area contributed by atoms with Crippen molar-refractivity contribution in [3.8, 4) is 22.8 Å². The summed E-state index contributed by atoms with van der Waals surface area (Å²) >= 11 is 3.23. The fourth-order valence-corrected chi connectivity index (χ4v) is 3.07. The summed E-state index contributed by atoms with van der Waals surface area (Å²) in [6.07, 6.45) is 2.33. The number of halogens is 2. The van der Waals surface area contributed by atoms with Gasteiger partial charge in [-0.3, -0.25) is 4.79 Å². The second kappa shape index (κ2) is 5.83. The zero-order valence-corrected chi connectivity index (χ0v) is 14.0. The topological polar surface area (TPSA) is 70.7 Å². The van der Waals surface area contributed by atoms with E-state index in [9.17, 15) is 9.18 Å². The summed E-state index contributed by atoms with van der Waals surface area (Å²) < 4.78 is 14.8. The molecule has 0 fully saturated rings. The molecule has 1 aliphatic rings. The van der Waals surface area contributed by atoms with Crippen LogP contribution in [0.3, 0.4) is 0 Å². The van der Waals surface area contributed by atoms with E-state index in [2.05, 4.69) is 36.2 Å². The molecule has 0 spiro atoms. The minimum atomic E-state index is -0.397. The Balaban J connectivity index is 1.77. The molecule has 0 atom stereocenters. The van der Waals surface area contributed by atoms with E-state index in [1.54, 1.807) is 30.5 Å². The van der Waals surface area contributed by atoms with E-state index in [0.717, 1.165) is 17.8 Å². The largest absolute Gasteiger partial charge is 0.356 e. The Bertz CT molecular complexity index is 954. The highest BCUT2D eigenvalue weighted by molar-refractivity contribution is 9.10. The lowest BCUT2D eigenvalue weighted by Crippen LogP contribution is -2.31. The summed E-state index contributed by atoms with van der Waals surface area (Å²) in [6.45, 7) is 0.616. The highest BCUT2D eigenvalue weighted by Gasteiger charge is 2.20. The van der Waals surface area contributed by atoms with Gasteiger partial charge in [-0.1, -0.05) is 15.9 Å². The highest BCUT2D eigenvalue weighted by atomic mass is 79.9. The Morgan fingerprint density at radius 3 is 2.83 bits per heavy atom. The number of benzene rings is 1. The quantitative estimate of drug-likeness (QED) is 0.709. The Morgan fingerprint density at radius 1 is 1.17 bits per heavy atom. The van der Waals surface area contributed by atoms with Gasteiger partial charge >= 0.3 is 0 Å². The first-order valence-electron chi connectivity index (χ1n) is 7.41. The molecule has 5 nitrogen and oxygen atoms in total. The number of carbonyl (C=O) groups is 1. The van der Waals surface area contributed by atoms with Crippen LogP contribution in [-0.4, -0.2) is 27.4 Å². The summed E-state index contributed by atoms with van der Waals surface area (Å²) in [7, 11) is 0. The van der Waals surface area contributed by atoms with Crippen LogP contribution in [0.2, 0.25) is 0 Å². The molecule has 4 rings (SSSR count). The summed E-state index contributed by atoms with van der Waals surface area (Å²) in [5.41, 5.74) is 3.19. The van der Waals surface area contributed by atoms with Crippen LogP contribution in [0.15, 0.2) is 41.0 Å². The predicted molar refractivity (Wildman–Crippen MR) is 90.9 cm³/mol. The molecule has 0 bridgehead atoms. The van der Waals surface area contributed by atoms with Gasteiger partial charge < -0.3 is 10.3 Å². The number of amides is 1. The van der Waals surface area contributed by atoms with Crippen LogP contribution in [0.5, 0.6) is 0 Å². The third-order valence-electron chi connectivity index (χ3n) is 3.91. The fourth-order valence-electron chi connectivity index (χ4n) is 2.74. The van der Waals surface area contributed by atoms with Crippen molar-refractivity contribution in [1.82, 2.24) is 20.3 Å². The monoisotopic (exact) mass is 386 g/mol. The van der Waals surface area contributed by atoms with Crippen molar-refractivity contribution in [2.24, 2.45) is 0 Å². The van der Waals surface area contributed by atoms with Gasteiger partial charge in [0, 0.05) is 29.3 Å². The number of hydrogen-bond donors (Lipinski definition) is 2. The number of rotatable bonds is 2. The molecule has 24 heavy (non-hydrogen) atoms. The van der Waals surface area contributed by atoms with Crippen LogP contribution < -0.4 is 5.32 Å². The van der Waals surface area contributed by atoms with Gasteiger partial charge in [-0.25, -0.2) is 14.4 Å². The SMILES string of the molecule is O=C1NCCc2[nH]c(-c3ccnc(-c4ccc(Br)cc4F)n3)cc21. The lowest BCUT2D eigenvalue weighted by Gasteiger charge is -2.10. The molecule has 3 heterocycles. The van der Waals surface area contributed by atoms with E-state index in [-0.39, 0.29) is 5.91 Å². The van der Waals surface area contributed by atoms with Gasteiger partial charge in [0.1, 0.15) is 5.82 Å². The molecular formula is C17H12BrFN4O. The van der Waals surface area contributed by atoms with Gasteiger partial charge in [-0.15, -0.1) is 0 Å². The van der Waals surface area contributed by atoms with E-state index in [1.165, 1.54) is 6.07 Å². The average molecular weight is 387 g/mol. The molecule has 1 amide bonds. The van der Waals surface area contributed by atoms with Crippen molar-refractivity contribution in [3.63, 3.8) is 0 Å². The van der Waals surface area contributed by atoms with E-state index < -0.39 is 5.82 Å². The van der Waals surface area contributed by atoms with Gasteiger partial charge in [0.25, 0.3) is 5.91 Å². The number of nitrogens with one attached hydrogen (secondary N) is 2. The minimum Gasteiger partial charge on any atom is -0.356 e. The maximum atomic E-state index is 14.1. The van der Waals surface area contributed by atoms with Crippen molar-refractivity contribution < 1.29 is 9.18 Å². The molecule has 120 valence electrons. The van der Waals surface area contributed by atoms with Crippen molar-refractivity contribution in [2.45, 2.75) is 6.42 Å². The number of aromatic amines is 1. The first-order valence-corrected chi connectivity index (χ1v) is 8.20. The van der Waals surface area contributed by atoms with Crippen molar-refractivity contribution >= 4 is 21.8 Å². The first kappa shape index (κ1) is 15.0. The maximum Gasteiger partial charge on any atom is 0.253 e. The summed E-state index contributed by atoms with van der Waals surface area (Å²) in [5, 5.41) is 2.81. The molecule has 0 radical (unpaired) electrons.